The number of rotatable bonds is 11. The molecule has 0 saturated heterocycles. The van der Waals surface area contributed by atoms with Crippen molar-refractivity contribution in [1.82, 2.24) is 15.5 Å². The number of amides is 3. The van der Waals surface area contributed by atoms with Crippen LogP contribution < -0.4 is 10.6 Å². The molecule has 2 rings (SSSR count). The highest BCUT2D eigenvalue weighted by atomic mass is 32.2. The minimum atomic E-state index is -1.08. The number of nitrogens with one attached hydrogen (secondary N) is 2. The van der Waals surface area contributed by atoms with Gasteiger partial charge in [0.15, 0.2) is 0 Å². The molecule has 1 fully saturated rings. The second-order valence-corrected chi connectivity index (χ2v) is 13.1. The number of para-hydroxylation sites is 1. The molecule has 2 unspecified atom stereocenters. The van der Waals surface area contributed by atoms with Gasteiger partial charge in [-0.1, -0.05) is 44.4 Å². The Kier molecular flexibility index (Phi) is 12.0. The average Bonchev–Trinajstić information content (AvgIpc) is 2.86. The van der Waals surface area contributed by atoms with Crippen LogP contribution in [0.25, 0.3) is 0 Å². The standard InChI is InChI=1S/C30H49N3O5S/c1-9-30(6,7)33(27(36)23(18-19-39-8)32-28(37)38-29(3,4)5)24(22-17-13-14-20(2)25(22)34)26(35)31-21-15-11-10-12-16-21/h13-14,17,21,23-24,34H,9-12,15-16,18-19H2,1-8H3,(H,31,35)(H,32,37). The molecule has 0 spiro atoms. The summed E-state index contributed by atoms with van der Waals surface area (Å²) >= 11 is 1.57. The first-order valence-corrected chi connectivity index (χ1v) is 15.5. The second-order valence-electron chi connectivity index (χ2n) is 12.1. The van der Waals surface area contributed by atoms with Crippen LogP contribution in [0.5, 0.6) is 5.75 Å². The van der Waals surface area contributed by atoms with E-state index in [2.05, 4.69) is 10.6 Å². The summed E-state index contributed by atoms with van der Waals surface area (Å²) in [6, 6.07) is 3.31. The molecule has 0 aliphatic heterocycles. The van der Waals surface area contributed by atoms with E-state index in [1.807, 2.05) is 27.0 Å². The minimum Gasteiger partial charge on any atom is -0.507 e. The van der Waals surface area contributed by atoms with Crippen molar-refractivity contribution >= 4 is 29.7 Å². The van der Waals surface area contributed by atoms with Crippen LogP contribution in [-0.2, 0) is 14.3 Å². The van der Waals surface area contributed by atoms with Crippen LogP contribution in [0.4, 0.5) is 4.79 Å². The van der Waals surface area contributed by atoms with Crippen LogP contribution in [0.2, 0.25) is 0 Å². The van der Waals surface area contributed by atoms with Gasteiger partial charge in [-0.2, -0.15) is 11.8 Å². The number of phenols is 1. The van der Waals surface area contributed by atoms with Crippen molar-refractivity contribution in [3.05, 3.63) is 29.3 Å². The summed E-state index contributed by atoms with van der Waals surface area (Å²) in [5.41, 5.74) is -0.501. The zero-order valence-electron chi connectivity index (χ0n) is 25.1. The molecular formula is C30H49N3O5S. The molecule has 0 radical (unpaired) electrons. The molecule has 1 aliphatic rings. The Hall–Kier alpha value is -2.42. The summed E-state index contributed by atoms with van der Waals surface area (Å²) in [6.45, 7) is 12.9. The quantitative estimate of drug-likeness (QED) is 0.312. The smallest absolute Gasteiger partial charge is 0.408 e. The van der Waals surface area contributed by atoms with Gasteiger partial charge in [0.05, 0.1) is 0 Å². The van der Waals surface area contributed by atoms with Crippen molar-refractivity contribution < 1.29 is 24.2 Å². The highest BCUT2D eigenvalue weighted by molar-refractivity contribution is 7.98. The van der Waals surface area contributed by atoms with Crippen LogP contribution in [0.1, 0.15) is 104 Å². The van der Waals surface area contributed by atoms with E-state index in [1.165, 1.54) is 0 Å². The molecule has 1 aromatic rings. The molecule has 1 aliphatic carbocycles. The molecular weight excluding hydrogens is 514 g/mol. The third-order valence-electron chi connectivity index (χ3n) is 7.38. The number of alkyl carbamates (subject to hydrolysis) is 1. The fourth-order valence-corrected chi connectivity index (χ4v) is 5.35. The number of aryl methyl sites for hydroxylation is 1. The van der Waals surface area contributed by atoms with Gasteiger partial charge < -0.3 is 25.4 Å². The Morgan fingerprint density at radius 2 is 1.77 bits per heavy atom. The van der Waals surface area contributed by atoms with E-state index in [0.29, 0.717) is 29.7 Å². The fourth-order valence-electron chi connectivity index (χ4n) is 4.88. The van der Waals surface area contributed by atoms with Crippen molar-refractivity contribution in [2.24, 2.45) is 0 Å². The molecule has 220 valence electrons. The normalized spacial score (nSPS) is 16.2. The van der Waals surface area contributed by atoms with E-state index in [9.17, 15) is 19.5 Å². The molecule has 3 amide bonds. The number of hydrogen-bond donors (Lipinski definition) is 3. The van der Waals surface area contributed by atoms with Crippen molar-refractivity contribution in [1.29, 1.82) is 0 Å². The first kappa shape index (κ1) is 32.8. The van der Waals surface area contributed by atoms with Crippen molar-refractivity contribution in [3.63, 3.8) is 0 Å². The molecule has 3 N–H and O–H groups in total. The van der Waals surface area contributed by atoms with Gasteiger partial charge in [0.2, 0.25) is 11.8 Å². The number of nitrogens with zero attached hydrogens (tertiary/aromatic N) is 1. The second kappa shape index (κ2) is 14.3. The number of benzene rings is 1. The van der Waals surface area contributed by atoms with Gasteiger partial charge in [0.1, 0.15) is 23.4 Å². The lowest BCUT2D eigenvalue weighted by Crippen LogP contribution is -2.60. The van der Waals surface area contributed by atoms with Gasteiger partial charge in [0, 0.05) is 17.1 Å². The minimum absolute atomic E-state index is 0.00763. The third-order valence-corrected chi connectivity index (χ3v) is 8.02. The van der Waals surface area contributed by atoms with Crippen molar-refractivity contribution in [3.8, 4) is 5.75 Å². The van der Waals surface area contributed by atoms with Crippen LogP contribution in [0, 0.1) is 6.92 Å². The van der Waals surface area contributed by atoms with Crippen LogP contribution >= 0.6 is 11.8 Å². The number of hydrogen-bond acceptors (Lipinski definition) is 6. The molecule has 0 bridgehead atoms. The zero-order chi connectivity index (χ0) is 29.4. The fraction of sp³-hybridized carbons (Fsp3) is 0.700. The molecule has 8 nitrogen and oxygen atoms in total. The predicted molar refractivity (Wildman–Crippen MR) is 158 cm³/mol. The predicted octanol–water partition coefficient (Wildman–Crippen LogP) is 5.85. The van der Waals surface area contributed by atoms with Crippen LogP contribution in [0.3, 0.4) is 0 Å². The average molecular weight is 564 g/mol. The highest BCUT2D eigenvalue weighted by Crippen LogP contribution is 2.37. The Morgan fingerprint density at radius 1 is 1.13 bits per heavy atom. The highest BCUT2D eigenvalue weighted by Gasteiger charge is 2.44. The molecule has 9 heteroatoms. The van der Waals surface area contributed by atoms with Gasteiger partial charge in [-0.25, -0.2) is 4.79 Å². The lowest BCUT2D eigenvalue weighted by molar-refractivity contribution is -0.149. The SMILES string of the molecule is CCC(C)(C)N(C(=O)C(CCSC)NC(=O)OC(C)(C)C)C(C(=O)NC1CCCCC1)c1cccc(C)c1O. The van der Waals surface area contributed by atoms with E-state index in [1.54, 1.807) is 62.6 Å². The van der Waals surface area contributed by atoms with Gasteiger partial charge in [0.25, 0.3) is 0 Å². The Morgan fingerprint density at radius 3 is 2.33 bits per heavy atom. The van der Waals surface area contributed by atoms with E-state index >= 15 is 0 Å². The Balaban J connectivity index is 2.60. The lowest BCUT2D eigenvalue weighted by atomic mass is 9.90. The van der Waals surface area contributed by atoms with Gasteiger partial charge in [-0.15, -0.1) is 0 Å². The first-order chi connectivity index (χ1) is 18.2. The van der Waals surface area contributed by atoms with E-state index < -0.39 is 29.3 Å². The maximum atomic E-state index is 14.4. The Labute approximate surface area is 239 Å². The van der Waals surface area contributed by atoms with Gasteiger partial charge in [-0.05, 0) is 84.8 Å². The number of carbonyl (C=O) groups excluding carboxylic acids is 3. The first-order valence-electron chi connectivity index (χ1n) is 14.1. The molecule has 0 aromatic heterocycles. The lowest BCUT2D eigenvalue weighted by Gasteiger charge is -2.45. The van der Waals surface area contributed by atoms with Crippen LogP contribution in [0.15, 0.2) is 18.2 Å². The number of phenolic OH excluding ortho intramolecular Hbond substituents is 1. The number of thioether (sulfide) groups is 1. The van der Waals surface area contributed by atoms with Gasteiger partial charge >= 0.3 is 6.09 Å². The Bertz CT molecular complexity index is 985. The summed E-state index contributed by atoms with van der Waals surface area (Å²) < 4.78 is 5.47. The summed E-state index contributed by atoms with van der Waals surface area (Å²) in [6.07, 6.45) is 7.20. The molecule has 1 aromatic carbocycles. The molecule has 0 heterocycles. The largest absolute Gasteiger partial charge is 0.507 e. The zero-order valence-corrected chi connectivity index (χ0v) is 25.9. The molecule has 2 atom stereocenters. The number of ether oxygens (including phenoxy) is 1. The third kappa shape index (κ3) is 9.33. The number of aromatic hydroxyl groups is 1. The van der Waals surface area contributed by atoms with E-state index in [0.717, 1.165) is 32.1 Å². The van der Waals surface area contributed by atoms with Crippen LogP contribution in [-0.4, -0.2) is 63.1 Å². The number of carbonyl (C=O) groups is 3. The maximum Gasteiger partial charge on any atom is 0.408 e. The van der Waals surface area contributed by atoms with Crippen molar-refractivity contribution in [2.45, 2.75) is 123 Å². The maximum absolute atomic E-state index is 14.4. The summed E-state index contributed by atoms with van der Waals surface area (Å²) in [5.74, 6) is -0.0851. The topological polar surface area (TPSA) is 108 Å². The summed E-state index contributed by atoms with van der Waals surface area (Å²) in [7, 11) is 0. The molecule has 1 saturated carbocycles. The summed E-state index contributed by atoms with van der Waals surface area (Å²) in [5, 5.41) is 17.1. The van der Waals surface area contributed by atoms with E-state index in [-0.39, 0.29) is 23.6 Å². The summed E-state index contributed by atoms with van der Waals surface area (Å²) in [4.78, 5) is 42.9. The van der Waals surface area contributed by atoms with Crippen molar-refractivity contribution in [2.75, 3.05) is 12.0 Å². The monoisotopic (exact) mass is 563 g/mol. The van der Waals surface area contributed by atoms with E-state index in [4.69, 9.17) is 4.74 Å². The van der Waals surface area contributed by atoms with Gasteiger partial charge in [-0.3, -0.25) is 9.59 Å². The molecule has 39 heavy (non-hydrogen) atoms.